The average molecular weight is 589 g/mol. The van der Waals surface area contributed by atoms with Crippen molar-refractivity contribution in [1.82, 2.24) is 9.88 Å². The molecule has 1 fully saturated rings. The number of ether oxygens (including phenoxy) is 4. The van der Waals surface area contributed by atoms with Crippen LogP contribution >= 0.6 is 0 Å². The Hall–Kier alpha value is -3.87. The van der Waals surface area contributed by atoms with Gasteiger partial charge in [-0.2, -0.15) is 0 Å². The van der Waals surface area contributed by atoms with Crippen molar-refractivity contribution in [3.8, 4) is 23.0 Å². The molecule has 0 spiro atoms. The zero-order valence-electron chi connectivity index (χ0n) is 22.1. The number of halogens is 3. The van der Waals surface area contributed by atoms with Gasteiger partial charge in [0.2, 0.25) is 0 Å². The Morgan fingerprint density at radius 2 is 1.66 bits per heavy atom. The van der Waals surface area contributed by atoms with Crippen molar-refractivity contribution in [1.29, 1.82) is 0 Å². The Bertz CT molecular complexity index is 1640. The fourth-order valence-electron chi connectivity index (χ4n) is 4.51. The van der Waals surface area contributed by atoms with Crippen LogP contribution in [0.25, 0.3) is 10.9 Å². The maximum absolute atomic E-state index is 15.0. The third-order valence-electron chi connectivity index (χ3n) is 6.56. The molecule has 12 heteroatoms. The van der Waals surface area contributed by atoms with E-state index in [0.29, 0.717) is 42.2 Å². The predicted octanol–water partition coefficient (Wildman–Crippen LogP) is 5.14. The third kappa shape index (κ3) is 6.55. The monoisotopic (exact) mass is 588 g/mol. The number of nitrogens with zero attached hydrogens (tertiary/aromatic N) is 2. The van der Waals surface area contributed by atoms with Crippen molar-refractivity contribution >= 4 is 20.7 Å². The van der Waals surface area contributed by atoms with Gasteiger partial charge in [-0.3, -0.25) is 9.88 Å². The van der Waals surface area contributed by atoms with E-state index in [-0.39, 0.29) is 17.1 Å². The van der Waals surface area contributed by atoms with Crippen LogP contribution in [0.3, 0.4) is 0 Å². The minimum absolute atomic E-state index is 0.00220. The number of rotatable bonds is 10. The summed E-state index contributed by atoms with van der Waals surface area (Å²) in [5.41, 5.74) is 0.525. The Morgan fingerprint density at radius 1 is 0.902 bits per heavy atom. The Kier molecular flexibility index (Phi) is 8.62. The normalized spacial score (nSPS) is 14.2. The third-order valence-corrected chi connectivity index (χ3v) is 8.28. The number of hydrogen-bond donors (Lipinski definition) is 0. The molecule has 0 N–H and O–H groups in total. The van der Waals surface area contributed by atoms with E-state index < -0.39 is 37.9 Å². The first-order valence-corrected chi connectivity index (χ1v) is 14.4. The summed E-state index contributed by atoms with van der Waals surface area (Å²) in [6.45, 7) is 4.25. The highest BCUT2D eigenvalue weighted by molar-refractivity contribution is 7.90. The molecule has 0 radical (unpaired) electrons. The molecule has 3 aromatic carbocycles. The quantitative estimate of drug-likeness (QED) is 0.252. The van der Waals surface area contributed by atoms with Crippen molar-refractivity contribution in [3.05, 3.63) is 83.8 Å². The predicted molar refractivity (Wildman–Crippen MR) is 145 cm³/mol. The summed E-state index contributed by atoms with van der Waals surface area (Å²) in [6, 6.07) is 11.2. The molecule has 0 saturated carbocycles. The second kappa shape index (κ2) is 12.3. The van der Waals surface area contributed by atoms with Crippen LogP contribution in [0, 0.1) is 17.5 Å². The molecule has 0 amide bonds. The maximum Gasteiger partial charge on any atom is 0.188 e. The van der Waals surface area contributed by atoms with Gasteiger partial charge in [-0.05, 0) is 42.0 Å². The van der Waals surface area contributed by atoms with Crippen LogP contribution < -0.4 is 14.2 Å². The highest BCUT2D eigenvalue weighted by Crippen LogP contribution is 2.38. The number of aromatic nitrogens is 1. The second-order valence-corrected chi connectivity index (χ2v) is 11.2. The van der Waals surface area contributed by atoms with Crippen molar-refractivity contribution in [2.24, 2.45) is 0 Å². The molecule has 0 unspecified atom stereocenters. The Morgan fingerprint density at radius 3 is 2.37 bits per heavy atom. The van der Waals surface area contributed by atoms with Crippen LogP contribution in [0.4, 0.5) is 13.2 Å². The van der Waals surface area contributed by atoms with E-state index in [4.69, 9.17) is 18.9 Å². The van der Waals surface area contributed by atoms with Crippen LogP contribution in [0.2, 0.25) is 0 Å². The number of fused-ring (bicyclic) bond motifs is 1. The zero-order valence-corrected chi connectivity index (χ0v) is 22.9. The Labute approximate surface area is 235 Å². The van der Waals surface area contributed by atoms with Gasteiger partial charge in [-0.1, -0.05) is 12.1 Å². The SMILES string of the molecule is COc1cc2c(Oc3ccc(CS(=O)(=O)c4c(F)cccc4F)cc3F)ccnc2cc1OCCN1CCOCC1. The molecule has 5 rings (SSSR count). The minimum Gasteiger partial charge on any atom is -0.493 e. The summed E-state index contributed by atoms with van der Waals surface area (Å²) in [4.78, 5) is 5.56. The average Bonchev–Trinajstić information content (AvgIpc) is 2.94. The zero-order chi connectivity index (χ0) is 29.0. The van der Waals surface area contributed by atoms with Crippen molar-refractivity contribution < 1.29 is 40.5 Å². The first-order valence-electron chi connectivity index (χ1n) is 12.8. The highest BCUT2D eigenvalue weighted by atomic mass is 32.2. The van der Waals surface area contributed by atoms with Gasteiger partial charge in [0.25, 0.3) is 0 Å². The van der Waals surface area contributed by atoms with Crippen molar-refractivity contribution in [2.75, 3.05) is 46.6 Å². The molecule has 2 heterocycles. The van der Waals surface area contributed by atoms with E-state index in [1.807, 2.05) is 0 Å². The number of sulfone groups is 1. The van der Waals surface area contributed by atoms with Gasteiger partial charge < -0.3 is 18.9 Å². The van der Waals surface area contributed by atoms with E-state index in [1.54, 1.807) is 18.2 Å². The number of morpholine rings is 1. The van der Waals surface area contributed by atoms with Gasteiger partial charge in [-0.15, -0.1) is 0 Å². The van der Waals surface area contributed by atoms with Crippen molar-refractivity contribution in [3.63, 3.8) is 0 Å². The number of pyridine rings is 1. The van der Waals surface area contributed by atoms with E-state index in [0.717, 1.165) is 43.9 Å². The maximum atomic E-state index is 15.0. The van der Waals surface area contributed by atoms with Crippen LogP contribution in [0.15, 0.2) is 65.7 Å². The lowest BCUT2D eigenvalue weighted by Crippen LogP contribution is -2.38. The molecule has 4 aromatic rings. The molecule has 1 saturated heterocycles. The largest absolute Gasteiger partial charge is 0.493 e. The lowest BCUT2D eigenvalue weighted by molar-refractivity contribution is 0.0321. The highest BCUT2D eigenvalue weighted by Gasteiger charge is 2.25. The summed E-state index contributed by atoms with van der Waals surface area (Å²) in [5, 5.41) is 0.533. The molecule has 1 aromatic heterocycles. The molecular weight excluding hydrogens is 561 g/mol. The molecule has 41 heavy (non-hydrogen) atoms. The summed E-state index contributed by atoms with van der Waals surface area (Å²) in [7, 11) is -2.91. The van der Waals surface area contributed by atoms with Gasteiger partial charge in [-0.25, -0.2) is 21.6 Å². The van der Waals surface area contributed by atoms with Crippen LogP contribution in [-0.4, -0.2) is 64.9 Å². The molecule has 0 bridgehead atoms. The number of benzene rings is 3. The fourth-order valence-corrected chi connectivity index (χ4v) is 6.00. The van der Waals surface area contributed by atoms with Gasteiger partial charge in [0.1, 0.15) is 28.9 Å². The van der Waals surface area contributed by atoms with E-state index >= 15 is 4.39 Å². The molecule has 1 aliphatic heterocycles. The molecule has 0 atom stereocenters. The minimum atomic E-state index is -4.42. The van der Waals surface area contributed by atoms with E-state index in [1.165, 1.54) is 25.4 Å². The summed E-state index contributed by atoms with van der Waals surface area (Å²) in [5.74, 6) is -3.04. The molecular formula is C29H27F3N2O6S. The summed E-state index contributed by atoms with van der Waals surface area (Å²) < 4.78 is 91.1. The number of hydrogen-bond acceptors (Lipinski definition) is 8. The lowest BCUT2D eigenvalue weighted by atomic mass is 10.1. The topological polar surface area (TPSA) is 87.2 Å². The van der Waals surface area contributed by atoms with Gasteiger partial charge >= 0.3 is 0 Å². The standard InChI is InChI=1S/C29H27F3N2O6S/c1-37-27-16-20-24(17-28(27)39-14-11-34-9-12-38-13-10-34)33-8-7-25(20)40-26-6-5-19(15-23(26)32)18-41(35,36)29-21(30)3-2-4-22(29)31/h2-8,15-17H,9-14,18H2,1H3. The van der Waals surface area contributed by atoms with Gasteiger partial charge in [0.15, 0.2) is 32.9 Å². The molecule has 0 aliphatic carbocycles. The molecule has 1 aliphatic rings. The fraction of sp³-hybridized carbons (Fsp3) is 0.276. The Balaban J connectivity index is 1.34. The van der Waals surface area contributed by atoms with Crippen LogP contribution in [-0.2, 0) is 20.3 Å². The van der Waals surface area contributed by atoms with Crippen LogP contribution in [0.5, 0.6) is 23.0 Å². The summed E-state index contributed by atoms with van der Waals surface area (Å²) >= 11 is 0. The molecule has 216 valence electrons. The van der Waals surface area contributed by atoms with Crippen molar-refractivity contribution in [2.45, 2.75) is 10.6 Å². The second-order valence-electron chi connectivity index (χ2n) is 9.31. The smallest absolute Gasteiger partial charge is 0.188 e. The van der Waals surface area contributed by atoms with Gasteiger partial charge in [0.05, 0.1) is 31.6 Å². The molecule has 8 nitrogen and oxygen atoms in total. The van der Waals surface area contributed by atoms with E-state index in [9.17, 15) is 17.2 Å². The summed E-state index contributed by atoms with van der Waals surface area (Å²) in [6.07, 6.45) is 1.50. The van der Waals surface area contributed by atoms with Crippen LogP contribution in [0.1, 0.15) is 5.56 Å². The van der Waals surface area contributed by atoms with E-state index in [2.05, 4.69) is 9.88 Å². The first-order chi connectivity index (χ1) is 19.7. The lowest BCUT2D eigenvalue weighted by Gasteiger charge is -2.26. The number of methoxy groups -OCH3 is 1. The first kappa shape index (κ1) is 28.7. The van der Waals surface area contributed by atoms with Gasteiger partial charge in [0, 0.05) is 37.3 Å².